The molecule has 3 aromatic rings. The maximum atomic E-state index is 13.9. The third-order valence-electron chi connectivity index (χ3n) is 4.74. The van der Waals surface area contributed by atoms with Crippen LogP contribution in [0.5, 0.6) is 11.5 Å². The number of carbonyl (C=O) groups is 1. The summed E-state index contributed by atoms with van der Waals surface area (Å²) >= 11 is 3.34. The number of hydrogen-bond acceptors (Lipinski definition) is 4. The Bertz CT molecular complexity index is 1320. The largest absolute Gasteiger partial charge is 0.493 e. The molecule has 0 heterocycles. The van der Waals surface area contributed by atoms with E-state index in [9.17, 15) is 27.6 Å². The molecular weight excluding hydrogens is 532 g/mol. The quantitative estimate of drug-likeness (QED) is 0.201. The molecular formula is C25H17BrF4N2O3. The molecule has 1 N–H and O–H groups in total. The minimum atomic E-state index is -4.58. The highest BCUT2D eigenvalue weighted by molar-refractivity contribution is 9.10. The Labute approximate surface area is 206 Å². The summed E-state index contributed by atoms with van der Waals surface area (Å²) in [6.07, 6.45) is -3.33. The molecule has 0 aliphatic rings. The monoisotopic (exact) mass is 548 g/mol. The average molecular weight is 549 g/mol. The standard InChI is InChI=1S/C25H17BrF4N2O3/c1-34-22-10-16(20(26)12-23(22)35-14-15-5-2-3-8-21(15)27)9-17(13-31)24(33)32-19-7-4-6-18(11-19)25(28,29)30/h2-12H,14H2,1H3,(H,32,33)/b17-9-. The number of benzene rings is 3. The van der Waals surface area contributed by atoms with E-state index >= 15 is 0 Å². The summed E-state index contributed by atoms with van der Waals surface area (Å²) in [4.78, 5) is 12.5. The fraction of sp³-hybridized carbons (Fsp3) is 0.120. The Balaban J connectivity index is 1.83. The van der Waals surface area contributed by atoms with Crippen LogP contribution in [0.3, 0.4) is 0 Å². The maximum absolute atomic E-state index is 13.9. The van der Waals surface area contributed by atoms with E-state index in [0.717, 1.165) is 18.2 Å². The van der Waals surface area contributed by atoms with Crippen LogP contribution >= 0.6 is 15.9 Å². The number of carbonyl (C=O) groups excluding carboxylic acids is 1. The molecule has 180 valence electrons. The molecule has 0 aromatic heterocycles. The fourth-order valence-corrected chi connectivity index (χ4v) is 3.42. The number of ether oxygens (including phenoxy) is 2. The Morgan fingerprint density at radius 2 is 1.86 bits per heavy atom. The lowest BCUT2D eigenvalue weighted by atomic mass is 10.1. The van der Waals surface area contributed by atoms with Gasteiger partial charge in [-0.1, -0.05) is 40.2 Å². The highest BCUT2D eigenvalue weighted by Gasteiger charge is 2.30. The molecule has 0 bridgehead atoms. The van der Waals surface area contributed by atoms with Crippen molar-refractivity contribution in [3.05, 3.63) is 93.2 Å². The third-order valence-corrected chi connectivity index (χ3v) is 5.42. The molecule has 35 heavy (non-hydrogen) atoms. The first-order chi connectivity index (χ1) is 16.6. The van der Waals surface area contributed by atoms with E-state index in [1.54, 1.807) is 24.3 Å². The SMILES string of the molecule is COc1cc(/C=C(/C#N)C(=O)Nc2cccc(C(F)(F)F)c2)c(Br)cc1OCc1ccccc1F. The van der Waals surface area contributed by atoms with Crippen molar-refractivity contribution in [2.24, 2.45) is 0 Å². The Kier molecular flexibility index (Phi) is 8.14. The maximum Gasteiger partial charge on any atom is 0.416 e. The Hall–Kier alpha value is -3.84. The van der Waals surface area contributed by atoms with Gasteiger partial charge in [0.1, 0.15) is 24.1 Å². The van der Waals surface area contributed by atoms with Crippen LogP contribution in [-0.4, -0.2) is 13.0 Å². The van der Waals surface area contributed by atoms with E-state index in [1.165, 1.54) is 37.5 Å². The van der Waals surface area contributed by atoms with Gasteiger partial charge in [0.25, 0.3) is 5.91 Å². The van der Waals surface area contributed by atoms with Crippen LogP contribution in [0.2, 0.25) is 0 Å². The molecule has 0 aliphatic carbocycles. The second-order valence-corrected chi connectivity index (χ2v) is 7.96. The first-order valence-electron chi connectivity index (χ1n) is 9.96. The number of alkyl halides is 3. The van der Waals surface area contributed by atoms with Gasteiger partial charge in [-0.2, -0.15) is 18.4 Å². The lowest BCUT2D eigenvalue weighted by molar-refractivity contribution is -0.137. The molecule has 0 saturated heterocycles. The van der Waals surface area contributed by atoms with E-state index < -0.39 is 23.5 Å². The van der Waals surface area contributed by atoms with Gasteiger partial charge in [0.2, 0.25) is 0 Å². The minimum absolute atomic E-state index is 0.0620. The second kappa shape index (κ2) is 11.1. The molecule has 0 spiro atoms. The van der Waals surface area contributed by atoms with E-state index in [2.05, 4.69) is 21.2 Å². The van der Waals surface area contributed by atoms with E-state index in [1.807, 2.05) is 0 Å². The molecule has 5 nitrogen and oxygen atoms in total. The van der Waals surface area contributed by atoms with Crippen molar-refractivity contribution in [2.75, 3.05) is 12.4 Å². The smallest absolute Gasteiger partial charge is 0.416 e. The minimum Gasteiger partial charge on any atom is -0.493 e. The van der Waals surface area contributed by atoms with Crippen molar-refractivity contribution < 1.29 is 31.8 Å². The first-order valence-corrected chi connectivity index (χ1v) is 10.8. The molecule has 10 heteroatoms. The van der Waals surface area contributed by atoms with Crippen molar-refractivity contribution in [1.29, 1.82) is 5.26 Å². The van der Waals surface area contributed by atoms with Gasteiger partial charge < -0.3 is 14.8 Å². The number of anilines is 1. The molecule has 1 amide bonds. The van der Waals surface area contributed by atoms with Gasteiger partial charge in [0.15, 0.2) is 11.5 Å². The molecule has 0 radical (unpaired) electrons. The van der Waals surface area contributed by atoms with Gasteiger partial charge in [-0.05, 0) is 48.0 Å². The number of hydrogen-bond donors (Lipinski definition) is 1. The van der Waals surface area contributed by atoms with E-state index in [4.69, 9.17) is 9.47 Å². The lowest BCUT2D eigenvalue weighted by Gasteiger charge is -2.13. The van der Waals surface area contributed by atoms with Crippen LogP contribution in [0.4, 0.5) is 23.2 Å². The van der Waals surface area contributed by atoms with Crippen LogP contribution in [0.25, 0.3) is 6.08 Å². The zero-order chi connectivity index (χ0) is 25.6. The van der Waals surface area contributed by atoms with Gasteiger partial charge in [-0.25, -0.2) is 4.39 Å². The van der Waals surface area contributed by atoms with Crippen molar-refractivity contribution in [1.82, 2.24) is 0 Å². The summed E-state index contributed by atoms with van der Waals surface area (Å²) in [5.41, 5.74) is -0.690. The normalized spacial score (nSPS) is 11.5. The van der Waals surface area contributed by atoms with Crippen LogP contribution in [-0.2, 0) is 17.6 Å². The lowest BCUT2D eigenvalue weighted by Crippen LogP contribution is -2.14. The van der Waals surface area contributed by atoms with Crippen molar-refractivity contribution >= 4 is 33.6 Å². The molecule has 0 aliphatic heterocycles. The highest BCUT2D eigenvalue weighted by Crippen LogP contribution is 2.35. The van der Waals surface area contributed by atoms with Crippen molar-refractivity contribution in [2.45, 2.75) is 12.8 Å². The van der Waals surface area contributed by atoms with Crippen molar-refractivity contribution in [3.63, 3.8) is 0 Å². The molecule has 3 aromatic carbocycles. The van der Waals surface area contributed by atoms with Crippen LogP contribution in [0, 0.1) is 17.1 Å². The average Bonchev–Trinajstić information content (AvgIpc) is 2.82. The summed E-state index contributed by atoms with van der Waals surface area (Å²) in [5.74, 6) is -0.772. The van der Waals surface area contributed by atoms with Crippen LogP contribution in [0.1, 0.15) is 16.7 Å². The van der Waals surface area contributed by atoms with Gasteiger partial charge in [-0.3, -0.25) is 4.79 Å². The number of amides is 1. The molecule has 0 atom stereocenters. The summed E-state index contributed by atoms with van der Waals surface area (Å²) in [5, 5.41) is 11.8. The Morgan fingerprint density at radius 1 is 1.11 bits per heavy atom. The predicted molar refractivity (Wildman–Crippen MR) is 125 cm³/mol. The topological polar surface area (TPSA) is 71.3 Å². The number of nitriles is 1. The summed E-state index contributed by atoms with van der Waals surface area (Å²) in [6.45, 7) is -0.0620. The Morgan fingerprint density at radius 3 is 2.51 bits per heavy atom. The highest BCUT2D eigenvalue weighted by atomic mass is 79.9. The van der Waals surface area contributed by atoms with E-state index in [0.29, 0.717) is 15.6 Å². The molecule has 0 unspecified atom stereocenters. The van der Waals surface area contributed by atoms with Crippen molar-refractivity contribution in [3.8, 4) is 17.6 Å². The van der Waals surface area contributed by atoms with Gasteiger partial charge in [0, 0.05) is 15.7 Å². The van der Waals surface area contributed by atoms with Gasteiger partial charge >= 0.3 is 6.18 Å². The third kappa shape index (κ3) is 6.61. The number of methoxy groups -OCH3 is 1. The second-order valence-electron chi connectivity index (χ2n) is 7.11. The molecule has 3 rings (SSSR count). The number of halogens is 5. The number of rotatable bonds is 7. The predicted octanol–water partition coefficient (Wildman–Crippen LogP) is 6.74. The summed E-state index contributed by atoms with van der Waals surface area (Å²) < 4.78 is 64.0. The molecule has 0 saturated carbocycles. The summed E-state index contributed by atoms with van der Waals surface area (Å²) in [6, 6.07) is 15.0. The number of nitrogens with one attached hydrogen (secondary N) is 1. The van der Waals surface area contributed by atoms with Crippen LogP contribution in [0.15, 0.2) is 70.7 Å². The van der Waals surface area contributed by atoms with E-state index in [-0.39, 0.29) is 29.4 Å². The fourth-order valence-electron chi connectivity index (χ4n) is 2.98. The molecule has 0 fully saturated rings. The van der Waals surface area contributed by atoms with Gasteiger partial charge in [0.05, 0.1) is 12.7 Å². The van der Waals surface area contributed by atoms with Gasteiger partial charge in [-0.15, -0.1) is 0 Å². The first kappa shape index (κ1) is 25.8. The number of nitrogens with zero attached hydrogens (tertiary/aromatic N) is 1. The van der Waals surface area contributed by atoms with Crippen LogP contribution < -0.4 is 14.8 Å². The zero-order valence-corrected chi connectivity index (χ0v) is 19.7. The zero-order valence-electron chi connectivity index (χ0n) is 18.1. The summed E-state index contributed by atoms with van der Waals surface area (Å²) in [7, 11) is 1.39.